The Labute approximate surface area is 162 Å². The highest BCUT2D eigenvalue weighted by Gasteiger charge is 2.22. The smallest absolute Gasteiger partial charge is 0.255 e. The highest BCUT2D eigenvalue weighted by molar-refractivity contribution is 7.89. The van der Waals surface area contributed by atoms with E-state index in [1.54, 1.807) is 0 Å². The predicted octanol–water partition coefficient (Wildman–Crippen LogP) is 2.75. The molecule has 28 heavy (non-hydrogen) atoms. The van der Waals surface area contributed by atoms with Crippen LogP contribution in [0.25, 0.3) is 10.8 Å². The van der Waals surface area contributed by atoms with Crippen molar-refractivity contribution in [3.05, 3.63) is 78.1 Å². The quantitative estimate of drug-likeness (QED) is 0.511. The van der Waals surface area contributed by atoms with Crippen LogP contribution in [0.3, 0.4) is 0 Å². The summed E-state index contributed by atoms with van der Waals surface area (Å²) in [5.41, 5.74) is 3.15. The number of hydrogen-bond donors (Lipinski definition) is 1. The van der Waals surface area contributed by atoms with Crippen molar-refractivity contribution in [1.29, 1.82) is 0 Å². The number of hydrazone groups is 1. The van der Waals surface area contributed by atoms with Crippen molar-refractivity contribution in [3.8, 4) is 0 Å². The molecule has 0 aliphatic carbocycles. The number of amides is 1. The highest BCUT2D eigenvalue weighted by Crippen LogP contribution is 2.17. The standard InChI is InChI=1S/C20H18FN3O3S/c1-24(28(26,27)18-11-9-17(21)10-12-18)14-20(25)23-22-13-16-7-4-6-15-5-2-3-8-19(15)16/h2-13H,14H2,1H3,(H,23,25)/b22-13-. The zero-order valence-electron chi connectivity index (χ0n) is 15.0. The first-order chi connectivity index (χ1) is 13.4. The van der Waals surface area contributed by atoms with E-state index in [0.29, 0.717) is 0 Å². The number of carbonyl (C=O) groups is 1. The fourth-order valence-electron chi connectivity index (χ4n) is 2.65. The van der Waals surface area contributed by atoms with Gasteiger partial charge in [0.2, 0.25) is 10.0 Å². The lowest BCUT2D eigenvalue weighted by molar-refractivity contribution is -0.121. The van der Waals surface area contributed by atoms with Gasteiger partial charge in [-0.15, -0.1) is 0 Å². The number of sulfonamides is 1. The Morgan fingerprint density at radius 2 is 1.75 bits per heavy atom. The summed E-state index contributed by atoms with van der Waals surface area (Å²) in [6.07, 6.45) is 1.51. The lowest BCUT2D eigenvalue weighted by Gasteiger charge is -2.16. The minimum absolute atomic E-state index is 0.0940. The van der Waals surface area contributed by atoms with Crippen LogP contribution in [-0.2, 0) is 14.8 Å². The molecular weight excluding hydrogens is 381 g/mol. The monoisotopic (exact) mass is 399 g/mol. The van der Waals surface area contributed by atoms with Crippen LogP contribution in [0.5, 0.6) is 0 Å². The molecule has 0 fully saturated rings. The van der Waals surface area contributed by atoms with E-state index in [1.165, 1.54) is 13.3 Å². The first kappa shape index (κ1) is 19.7. The third kappa shape index (κ3) is 4.41. The van der Waals surface area contributed by atoms with Crippen LogP contribution in [0.4, 0.5) is 4.39 Å². The second-order valence-electron chi connectivity index (χ2n) is 6.08. The predicted molar refractivity (Wildman–Crippen MR) is 106 cm³/mol. The van der Waals surface area contributed by atoms with Gasteiger partial charge in [0.05, 0.1) is 17.7 Å². The number of nitrogens with one attached hydrogen (secondary N) is 1. The molecule has 6 nitrogen and oxygen atoms in total. The summed E-state index contributed by atoms with van der Waals surface area (Å²) >= 11 is 0. The Balaban J connectivity index is 1.65. The minimum Gasteiger partial charge on any atom is -0.272 e. The Bertz CT molecular complexity index is 1120. The molecule has 3 aromatic rings. The molecule has 3 aromatic carbocycles. The van der Waals surface area contributed by atoms with Crippen LogP contribution < -0.4 is 5.43 Å². The van der Waals surface area contributed by atoms with Crippen molar-refractivity contribution in [2.45, 2.75) is 4.90 Å². The first-order valence-corrected chi connectivity index (χ1v) is 9.83. The van der Waals surface area contributed by atoms with Gasteiger partial charge in [-0.05, 0) is 35.0 Å². The first-order valence-electron chi connectivity index (χ1n) is 8.39. The minimum atomic E-state index is -3.90. The maximum atomic E-state index is 13.0. The van der Waals surface area contributed by atoms with E-state index in [9.17, 15) is 17.6 Å². The third-order valence-corrected chi connectivity index (χ3v) is 5.92. The third-order valence-electron chi connectivity index (χ3n) is 4.10. The van der Waals surface area contributed by atoms with Gasteiger partial charge >= 0.3 is 0 Å². The average molecular weight is 399 g/mol. The fraction of sp³-hybridized carbons (Fsp3) is 0.100. The molecule has 0 spiro atoms. The topological polar surface area (TPSA) is 78.8 Å². The number of halogens is 1. The molecule has 1 amide bonds. The molecule has 0 atom stereocenters. The summed E-state index contributed by atoms with van der Waals surface area (Å²) in [5, 5.41) is 5.95. The number of rotatable bonds is 6. The molecule has 1 N–H and O–H groups in total. The zero-order chi connectivity index (χ0) is 20.1. The lowest BCUT2D eigenvalue weighted by Crippen LogP contribution is -2.36. The number of benzene rings is 3. The van der Waals surface area contributed by atoms with Crippen molar-refractivity contribution in [2.75, 3.05) is 13.6 Å². The molecule has 0 heterocycles. The summed E-state index contributed by atoms with van der Waals surface area (Å²) in [6, 6.07) is 17.9. The van der Waals surface area contributed by atoms with Crippen LogP contribution >= 0.6 is 0 Å². The molecule has 0 aliphatic heterocycles. The molecule has 0 aliphatic rings. The van der Waals surface area contributed by atoms with Crippen molar-refractivity contribution in [3.63, 3.8) is 0 Å². The highest BCUT2D eigenvalue weighted by atomic mass is 32.2. The number of likely N-dealkylation sites (N-methyl/N-ethyl adjacent to an activating group) is 1. The molecule has 0 unspecified atom stereocenters. The van der Waals surface area contributed by atoms with E-state index >= 15 is 0 Å². The second kappa shape index (κ2) is 8.28. The summed E-state index contributed by atoms with van der Waals surface area (Å²) in [6.45, 7) is -0.424. The van der Waals surface area contributed by atoms with Gasteiger partial charge in [0.15, 0.2) is 0 Å². The molecule has 0 radical (unpaired) electrons. The Kier molecular flexibility index (Phi) is 5.81. The molecular formula is C20H18FN3O3S. The van der Waals surface area contributed by atoms with Gasteiger partial charge in [-0.1, -0.05) is 42.5 Å². The van der Waals surface area contributed by atoms with Crippen molar-refractivity contribution >= 4 is 32.9 Å². The molecule has 0 saturated carbocycles. The Hall–Kier alpha value is -3.10. The number of nitrogens with zero attached hydrogens (tertiary/aromatic N) is 2. The van der Waals surface area contributed by atoms with Crippen LogP contribution in [0.2, 0.25) is 0 Å². The molecule has 8 heteroatoms. The number of hydrogen-bond acceptors (Lipinski definition) is 4. The van der Waals surface area contributed by atoms with Crippen molar-refractivity contribution < 1.29 is 17.6 Å². The van der Waals surface area contributed by atoms with E-state index in [0.717, 1.165) is 44.9 Å². The largest absolute Gasteiger partial charge is 0.272 e. The normalized spacial score (nSPS) is 12.0. The molecule has 0 aromatic heterocycles. The summed E-state index contributed by atoms with van der Waals surface area (Å²) in [4.78, 5) is 12.0. The molecule has 0 bridgehead atoms. The van der Waals surface area contributed by atoms with Gasteiger partial charge in [-0.25, -0.2) is 18.2 Å². The molecule has 3 rings (SSSR count). The zero-order valence-corrected chi connectivity index (χ0v) is 15.9. The summed E-state index contributed by atoms with van der Waals surface area (Å²) in [5.74, 6) is -1.13. The van der Waals surface area contributed by atoms with Crippen LogP contribution in [-0.4, -0.2) is 38.4 Å². The van der Waals surface area contributed by atoms with Gasteiger partial charge < -0.3 is 0 Å². The van der Waals surface area contributed by atoms with Gasteiger partial charge in [0.25, 0.3) is 5.91 Å². The van der Waals surface area contributed by atoms with E-state index in [-0.39, 0.29) is 4.90 Å². The maximum absolute atomic E-state index is 13.0. The van der Waals surface area contributed by atoms with Gasteiger partial charge in [-0.2, -0.15) is 9.41 Å². The molecule has 144 valence electrons. The average Bonchev–Trinajstić information content (AvgIpc) is 2.68. The van der Waals surface area contributed by atoms with Crippen LogP contribution in [0.1, 0.15) is 5.56 Å². The Morgan fingerprint density at radius 1 is 1.07 bits per heavy atom. The Morgan fingerprint density at radius 3 is 2.50 bits per heavy atom. The summed E-state index contributed by atoms with van der Waals surface area (Å²) in [7, 11) is -2.63. The van der Waals surface area contributed by atoms with E-state index in [4.69, 9.17) is 0 Å². The van der Waals surface area contributed by atoms with Gasteiger partial charge in [0, 0.05) is 12.6 Å². The maximum Gasteiger partial charge on any atom is 0.255 e. The van der Waals surface area contributed by atoms with Crippen molar-refractivity contribution in [1.82, 2.24) is 9.73 Å². The molecule has 0 saturated heterocycles. The van der Waals surface area contributed by atoms with E-state index < -0.39 is 28.3 Å². The van der Waals surface area contributed by atoms with Crippen LogP contribution in [0, 0.1) is 5.82 Å². The number of fused-ring (bicyclic) bond motifs is 1. The van der Waals surface area contributed by atoms with Crippen molar-refractivity contribution in [2.24, 2.45) is 5.10 Å². The van der Waals surface area contributed by atoms with Crippen LogP contribution in [0.15, 0.2) is 76.7 Å². The fourth-order valence-corrected chi connectivity index (χ4v) is 3.77. The van der Waals surface area contributed by atoms with Gasteiger partial charge in [0.1, 0.15) is 5.82 Å². The lowest BCUT2D eigenvalue weighted by atomic mass is 10.1. The van der Waals surface area contributed by atoms with Gasteiger partial charge in [-0.3, -0.25) is 4.79 Å². The van der Waals surface area contributed by atoms with E-state index in [2.05, 4.69) is 10.5 Å². The summed E-state index contributed by atoms with van der Waals surface area (Å²) < 4.78 is 38.7. The second-order valence-corrected chi connectivity index (χ2v) is 8.12. The number of carbonyl (C=O) groups excluding carboxylic acids is 1. The van der Waals surface area contributed by atoms with E-state index in [1.807, 2.05) is 42.5 Å². The SMILES string of the molecule is CN(CC(=O)N/N=C\c1cccc2ccccc12)S(=O)(=O)c1ccc(F)cc1.